The lowest BCUT2D eigenvalue weighted by Gasteiger charge is -2.13. The maximum absolute atomic E-state index is 5.59. The predicted octanol–water partition coefficient (Wildman–Crippen LogP) is 4.07. The Morgan fingerprint density at radius 1 is 1.26 bits per heavy atom. The molecule has 0 fully saturated rings. The summed E-state index contributed by atoms with van der Waals surface area (Å²) in [6.07, 6.45) is 1.12. The van der Waals surface area contributed by atoms with Crippen LogP contribution in [0, 0.1) is 5.92 Å². The van der Waals surface area contributed by atoms with Gasteiger partial charge in [0.1, 0.15) is 0 Å². The largest absolute Gasteiger partial charge is 0.382 e. The number of hydrogen-bond donors (Lipinski definition) is 1. The zero-order valence-electron chi connectivity index (χ0n) is 12.0. The molecule has 1 aromatic rings. The monoisotopic (exact) mass is 329 g/mol. The van der Waals surface area contributed by atoms with E-state index in [9.17, 15) is 0 Å². The molecule has 0 bridgehead atoms. The van der Waals surface area contributed by atoms with Crippen LogP contribution in [0.15, 0.2) is 22.7 Å². The van der Waals surface area contributed by atoms with Gasteiger partial charge in [0.15, 0.2) is 0 Å². The lowest BCUT2D eigenvalue weighted by atomic mass is 10.1. The number of halogens is 1. The lowest BCUT2D eigenvalue weighted by molar-refractivity contribution is 0.132. The summed E-state index contributed by atoms with van der Waals surface area (Å²) in [4.78, 5) is 0. The molecule has 0 atom stereocenters. The second-order valence-corrected chi connectivity index (χ2v) is 5.77. The second kappa shape index (κ2) is 9.34. The van der Waals surface area contributed by atoms with Crippen LogP contribution in [0.2, 0.25) is 0 Å². The van der Waals surface area contributed by atoms with Crippen LogP contribution in [0.25, 0.3) is 0 Å². The Morgan fingerprint density at radius 3 is 2.74 bits per heavy atom. The normalized spacial score (nSPS) is 11.0. The highest BCUT2D eigenvalue weighted by atomic mass is 79.9. The number of benzene rings is 1. The first-order valence-electron chi connectivity index (χ1n) is 6.73. The third-order valence-corrected chi connectivity index (χ3v) is 3.55. The summed E-state index contributed by atoms with van der Waals surface area (Å²) in [6.45, 7) is 7.39. The molecule has 0 saturated heterocycles. The summed E-state index contributed by atoms with van der Waals surface area (Å²) in [5, 5.41) is 3.39. The highest BCUT2D eigenvalue weighted by Gasteiger charge is 2.05. The zero-order valence-corrected chi connectivity index (χ0v) is 13.6. The number of methoxy groups -OCH3 is 1. The van der Waals surface area contributed by atoms with Crippen LogP contribution in [0.1, 0.15) is 25.8 Å². The van der Waals surface area contributed by atoms with E-state index in [0.717, 1.165) is 41.9 Å². The van der Waals surface area contributed by atoms with E-state index in [2.05, 4.69) is 41.2 Å². The lowest BCUT2D eigenvalue weighted by Crippen LogP contribution is -2.12. The van der Waals surface area contributed by atoms with Crippen molar-refractivity contribution in [3.05, 3.63) is 28.2 Å². The predicted molar refractivity (Wildman–Crippen MR) is 83.6 cm³/mol. The standard InChI is InChI=1S/C15H24BrNO2/c1-12(2)7-9-19-10-8-17-15-6-4-5-14(16)13(15)11-18-3/h4-6,12,17H,7-11H2,1-3H3. The molecule has 0 radical (unpaired) electrons. The average Bonchev–Trinajstić information content (AvgIpc) is 2.37. The van der Waals surface area contributed by atoms with E-state index in [1.54, 1.807) is 7.11 Å². The molecule has 0 aliphatic carbocycles. The molecule has 1 rings (SSSR count). The van der Waals surface area contributed by atoms with Crippen molar-refractivity contribution in [2.24, 2.45) is 5.92 Å². The maximum atomic E-state index is 5.59. The molecule has 108 valence electrons. The molecular weight excluding hydrogens is 306 g/mol. The van der Waals surface area contributed by atoms with Gasteiger partial charge < -0.3 is 14.8 Å². The molecule has 0 aromatic heterocycles. The fraction of sp³-hybridized carbons (Fsp3) is 0.600. The summed E-state index contributed by atoms with van der Waals surface area (Å²) in [5.41, 5.74) is 2.25. The van der Waals surface area contributed by atoms with Crippen molar-refractivity contribution in [2.75, 3.05) is 32.2 Å². The van der Waals surface area contributed by atoms with Gasteiger partial charge in [0.25, 0.3) is 0 Å². The highest BCUT2D eigenvalue weighted by Crippen LogP contribution is 2.25. The van der Waals surface area contributed by atoms with Crippen LogP contribution >= 0.6 is 15.9 Å². The molecule has 0 saturated carbocycles. The van der Waals surface area contributed by atoms with E-state index in [-0.39, 0.29) is 0 Å². The van der Waals surface area contributed by atoms with Crippen LogP contribution in [0.4, 0.5) is 5.69 Å². The van der Waals surface area contributed by atoms with Crippen molar-refractivity contribution in [2.45, 2.75) is 26.9 Å². The third-order valence-electron chi connectivity index (χ3n) is 2.81. The van der Waals surface area contributed by atoms with Crippen molar-refractivity contribution in [3.8, 4) is 0 Å². The fourth-order valence-electron chi connectivity index (χ4n) is 1.69. The fourth-order valence-corrected chi connectivity index (χ4v) is 2.17. The SMILES string of the molecule is COCc1c(Br)cccc1NCCOCCC(C)C. The van der Waals surface area contributed by atoms with Gasteiger partial charge >= 0.3 is 0 Å². The van der Waals surface area contributed by atoms with Gasteiger partial charge in [-0.2, -0.15) is 0 Å². The summed E-state index contributed by atoms with van der Waals surface area (Å²) in [7, 11) is 1.71. The van der Waals surface area contributed by atoms with E-state index in [1.807, 2.05) is 12.1 Å². The average molecular weight is 330 g/mol. The van der Waals surface area contributed by atoms with Crippen molar-refractivity contribution < 1.29 is 9.47 Å². The molecule has 0 aliphatic rings. The van der Waals surface area contributed by atoms with E-state index in [4.69, 9.17) is 9.47 Å². The topological polar surface area (TPSA) is 30.5 Å². The maximum Gasteiger partial charge on any atom is 0.0744 e. The molecule has 0 aliphatic heterocycles. The number of anilines is 1. The van der Waals surface area contributed by atoms with Gasteiger partial charge in [-0.25, -0.2) is 0 Å². The molecule has 0 spiro atoms. The molecule has 1 N–H and O–H groups in total. The highest BCUT2D eigenvalue weighted by molar-refractivity contribution is 9.10. The van der Waals surface area contributed by atoms with Gasteiger partial charge in [-0.3, -0.25) is 0 Å². The van der Waals surface area contributed by atoms with Gasteiger partial charge in [0.2, 0.25) is 0 Å². The Kier molecular flexibility index (Phi) is 8.10. The molecule has 0 amide bonds. The quantitative estimate of drug-likeness (QED) is 0.693. The van der Waals surface area contributed by atoms with Crippen LogP contribution in [0.5, 0.6) is 0 Å². The van der Waals surface area contributed by atoms with Gasteiger partial charge in [0.05, 0.1) is 13.2 Å². The molecule has 1 aromatic carbocycles. The molecule has 0 unspecified atom stereocenters. The summed E-state index contributed by atoms with van der Waals surface area (Å²) >= 11 is 3.55. The van der Waals surface area contributed by atoms with Crippen LogP contribution in [-0.4, -0.2) is 26.9 Å². The van der Waals surface area contributed by atoms with Crippen molar-refractivity contribution in [1.82, 2.24) is 0 Å². The Balaban J connectivity index is 2.34. The van der Waals surface area contributed by atoms with Crippen LogP contribution in [-0.2, 0) is 16.1 Å². The van der Waals surface area contributed by atoms with Gasteiger partial charge in [-0.15, -0.1) is 0 Å². The number of nitrogens with one attached hydrogen (secondary N) is 1. The van der Waals surface area contributed by atoms with Gasteiger partial charge in [0, 0.05) is 36.0 Å². The molecule has 3 nitrogen and oxygen atoms in total. The van der Waals surface area contributed by atoms with Gasteiger partial charge in [-0.05, 0) is 24.5 Å². The molecule has 19 heavy (non-hydrogen) atoms. The van der Waals surface area contributed by atoms with Crippen LogP contribution in [0.3, 0.4) is 0 Å². The van der Waals surface area contributed by atoms with Crippen LogP contribution < -0.4 is 5.32 Å². The number of rotatable bonds is 9. The van der Waals surface area contributed by atoms with E-state index >= 15 is 0 Å². The minimum absolute atomic E-state index is 0.595. The molecule has 0 heterocycles. The Morgan fingerprint density at radius 2 is 2.05 bits per heavy atom. The summed E-state index contributed by atoms with van der Waals surface area (Å²) in [6, 6.07) is 6.11. The smallest absolute Gasteiger partial charge is 0.0744 e. The second-order valence-electron chi connectivity index (χ2n) is 4.92. The number of hydrogen-bond acceptors (Lipinski definition) is 3. The minimum Gasteiger partial charge on any atom is -0.382 e. The minimum atomic E-state index is 0.595. The van der Waals surface area contributed by atoms with Gasteiger partial charge in [-0.1, -0.05) is 35.8 Å². The van der Waals surface area contributed by atoms with Crippen molar-refractivity contribution in [1.29, 1.82) is 0 Å². The Bertz CT molecular complexity index is 369. The summed E-state index contributed by atoms with van der Waals surface area (Å²) < 4.78 is 11.9. The molecule has 4 heteroatoms. The zero-order chi connectivity index (χ0) is 14.1. The summed E-state index contributed by atoms with van der Waals surface area (Å²) in [5.74, 6) is 0.700. The Labute approximate surface area is 124 Å². The first-order chi connectivity index (χ1) is 9.15. The third kappa shape index (κ3) is 6.41. The first kappa shape index (κ1) is 16.5. The van der Waals surface area contributed by atoms with Crippen molar-refractivity contribution in [3.63, 3.8) is 0 Å². The van der Waals surface area contributed by atoms with Crippen molar-refractivity contribution >= 4 is 21.6 Å². The van der Waals surface area contributed by atoms with E-state index < -0.39 is 0 Å². The van der Waals surface area contributed by atoms with E-state index in [1.165, 1.54) is 0 Å². The Hall–Kier alpha value is -0.580. The van der Waals surface area contributed by atoms with E-state index in [0.29, 0.717) is 12.5 Å². The molecular formula is C15H24BrNO2. The number of ether oxygens (including phenoxy) is 2. The first-order valence-corrected chi connectivity index (χ1v) is 7.52.